The van der Waals surface area contributed by atoms with Crippen LogP contribution in [0.4, 0.5) is 0 Å². The number of esters is 1. The van der Waals surface area contributed by atoms with Crippen LogP contribution in [0.15, 0.2) is 54.2 Å². The van der Waals surface area contributed by atoms with Crippen molar-refractivity contribution in [2.24, 2.45) is 5.10 Å². The zero-order valence-electron chi connectivity index (χ0n) is 14.9. The standard InChI is InChI=1S/C19H17Cl2N3O3S/c1-3-8-22-19(28)24-23-11-12-4-7-16(17(9-12)26-2)27-18(25)14-6-5-13(20)10-15(14)21/h3-7,9-11H,1,8H2,2H3,(H2,22,24,28)/b23-11-. The Morgan fingerprint density at radius 2 is 2.04 bits per heavy atom. The molecule has 2 aromatic carbocycles. The molecule has 0 atom stereocenters. The Morgan fingerprint density at radius 3 is 2.71 bits per heavy atom. The lowest BCUT2D eigenvalue weighted by Gasteiger charge is -2.11. The summed E-state index contributed by atoms with van der Waals surface area (Å²) in [6.07, 6.45) is 3.23. The second-order valence-corrected chi connectivity index (χ2v) is 6.54. The minimum Gasteiger partial charge on any atom is -0.493 e. The average molecular weight is 438 g/mol. The number of nitrogens with one attached hydrogen (secondary N) is 2. The molecule has 0 radical (unpaired) electrons. The minimum atomic E-state index is -0.623. The number of halogens is 2. The van der Waals surface area contributed by atoms with Crippen LogP contribution >= 0.6 is 35.4 Å². The zero-order chi connectivity index (χ0) is 20.5. The number of ether oxygens (including phenoxy) is 2. The lowest BCUT2D eigenvalue weighted by atomic mass is 10.2. The number of thiocarbonyl (C=S) groups is 1. The van der Waals surface area contributed by atoms with Crippen molar-refractivity contribution in [3.63, 3.8) is 0 Å². The van der Waals surface area contributed by atoms with Gasteiger partial charge in [0.15, 0.2) is 16.6 Å². The molecule has 0 unspecified atom stereocenters. The number of hydrogen-bond acceptors (Lipinski definition) is 5. The van der Waals surface area contributed by atoms with Crippen LogP contribution in [0.3, 0.4) is 0 Å². The third-order valence-electron chi connectivity index (χ3n) is 3.33. The van der Waals surface area contributed by atoms with Crippen molar-refractivity contribution >= 4 is 52.7 Å². The van der Waals surface area contributed by atoms with Crippen molar-refractivity contribution in [2.75, 3.05) is 13.7 Å². The molecule has 28 heavy (non-hydrogen) atoms. The molecule has 0 spiro atoms. The Labute approximate surface area is 178 Å². The molecule has 2 aromatic rings. The molecule has 6 nitrogen and oxygen atoms in total. The van der Waals surface area contributed by atoms with E-state index < -0.39 is 5.97 Å². The molecular formula is C19H17Cl2N3O3S. The van der Waals surface area contributed by atoms with Crippen LogP contribution in [0.25, 0.3) is 0 Å². The smallest absolute Gasteiger partial charge is 0.345 e. The first-order valence-corrected chi connectivity index (χ1v) is 9.14. The van der Waals surface area contributed by atoms with Crippen molar-refractivity contribution < 1.29 is 14.3 Å². The van der Waals surface area contributed by atoms with Gasteiger partial charge in [-0.15, -0.1) is 6.58 Å². The maximum Gasteiger partial charge on any atom is 0.345 e. The van der Waals surface area contributed by atoms with Gasteiger partial charge in [-0.3, -0.25) is 5.43 Å². The van der Waals surface area contributed by atoms with Gasteiger partial charge in [0.2, 0.25) is 0 Å². The van der Waals surface area contributed by atoms with E-state index in [1.54, 1.807) is 36.6 Å². The summed E-state index contributed by atoms with van der Waals surface area (Å²) in [4.78, 5) is 12.4. The Bertz CT molecular complexity index is 919. The van der Waals surface area contributed by atoms with Gasteiger partial charge in [-0.2, -0.15) is 5.10 Å². The number of methoxy groups -OCH3 is 1. The SMILES string of the molecule is C=CCNC(=S)N/N=C\c1ccc(OC(=O)c2ccc(Cl)cc2Cl)c(OC)c1. The second kappa shape index (κ2) is 10.7. The molecule has 0 fully saturated rings. The topological polar surface area (TPSA) is 72.0 Å². The maximum atomic E-state index is 12.4. The summed E-state index contributed by atoms with van der Waals surface area (Å²) in [6, 6.07) is 9.49. The van der Waals surface area contributed by atoms with Crippen LogP contribution in [0.2, 0.25) is 10.0 Å². The molecule has 0 saturated heterocycles. The predicted octanol–water partition coefficient (Wildman–Crippen LogP) is 4.21. The Morgan fingerprint density at radius 1 is 1.25 bits per heavy atom. The van der Waals surface area contributed by atoms with Crippen LogP contribution in [-0.4, -0.2) is 31.0 Å². The van der Waals surface area contributed by atoms with Gasteiger partial charge in [-0.05, 0) is 54.2 Å². The quantitative estimate of drug-likeness (QED) is 0.169. The molecule has 0 amide bonds. The molecule has 9 heteroatoms. The van der Waals surface area contributed by atoms with E-state index in [0.29, 0.717) is 28.0 Å². The van der Waals surface area contributed by atoms with E-state index in [9.17, 15) is 4.79 Å². The number of hydrazone groups is 1. The number of carbonyl (C=O) groups excluding carboxylic acids is 1. The number of rotatable bonds is 7. The van der Waals surface area contributed by atoms with Gasteiger partial charge in [-0.1, -0.05) is 29.3 Å². The van der Waals surface area contributed by atoms with E-state index >= 15 is 0 Å². The monoisotopic (exact) mass is 437 g/mol. The summed E-state index contributed by atoms with van der Waals surface area (Å²) >= 11 is 16.9. The first-order chi connectivity index (χ1) is 13.4. The van der Waals surface area contributed by atoms with E-state index in [-0.39, 0.29) is 16.3 Å². The summed E-state index contributed by atoms with van der Waals surface area (Å²) in [5.41, 5.74) is 3.58. The van der Waals surface area contributed by atoms with E-state index in [0.717, 1.165) is 0 Å². The van der Waals surface area contributed by atoms with E-state index in [1.165, 1.54) is 19.2 Å². The molecule has 146 valence electrons. The van der Waals surface area contributed by atoms with Crippen LogP contribution < -0.4 is 20.2 Å². The summed E-state index contributed by atoms with van der Waals surface area (Å²) < 4.78 is 10.7. The predicted molar refractivity (Wildman–Crippen MR) is 116 cm³/mol. The molecular weight excluding hydrogens is 421 g/mol. The highest BCUT2D eigenvalue weighted by Crippen LogP contribution is 2.29. The second-order valence-electron chi connectivity index (χ2n) is 5.29. The van der Waals surface area contributed by atoms with Gasteiger partial charge in [0.1, 0.15) is 0 Å². The lowest BCUT2D eigenvalue weighted by molar-refractivity contribution is 0.0730. The molecule has 0 aliphatic heterocycles. The number of benzene rings is 2. The molecule has 2 rings (SSSR count). The summed E-state index contributed by atoms with van der Waals surface area (Å²) in [5, 5.41) is 7.90. The van der Waals surface area contributed by atoms with E-state index in [2.05, 4.69) is 22.4 Å². The summed E-state index contributed by atoms with van der Waals surface area (Å²) in [6.45, 7) is 4.12. The summed E-state index contributed by atoms with van der Waals surface area (Å²) in [7, 11) is 1.47. The lowest BCUT2D eigenvalue weighted by Crippen LogP contribution is -2.31. The Balaban J connectivity index is 2.09. The van der Waals surface area contributed by atoms with Crippen LogP contribution in [0.5, 0.6) is 11.5 Å². The fourth-order valence-corrected chi connectivity index (χ4v) is 2.65. The third kappa shape index (κ3) is 6.23. The molecule has 0 aliphatic rings. The number of hydrogen-bond donors (Lipinski definition) is 2. The van der Waals surface area contributed by atoms with Crippen molar-refractivity contribution in [1.82, 2.24) is 10.7 Å². The maximum absolute atomic E-state index is 12.4. The number of nitrogens with zero attached hydrogens (tertiary/aromatic N) is 1. The van der Waals surface area contributed by atoms with Gasteiger partial charge < -0.3 is 14.8 Å². The van der Waals surface area contributed by atoms with Gasteiger partial charge in [-0.25, -0.2) is 4.79 Å². The highest BCUT2D eigenvalue weighted by atomic mass is 35.5. The molecule has 0 heterocycles. The first-order valence-electron chi connectivity index (χ1n) is 7.97. The zero-order valence-corrected chi connectivity index (χ0v) is 17.2. The van der Waals surface area contributed by atoms with Crippen LogP contribution in [-0.2, 0) is 0 Å². The molecule has 0 aliphatic carbocycles. The fourth-order valence-electron chi connectivity index (χ4n) is 2.03. The highest BCUT2D eigenvalue weighted by Gasteiger charge is 2.16. The molecule has 0 saturated carbocycles. The Kier molecular flexibility index (Phi) is 8.25. The van der Waals surface area contributed by atoms with Crippen molar-refractivity contribution in [3.8, 4) is 11.5 Å². The minimum absolute atomic E-state index is 0.198. The highest BCUT2D eigenvalue weighted by molar-refractivity contribution is 7.80. The molecule has 2 N–H and O–H groups in total. The fraction of sp³-hybridized carbons (Fsp3) is 0.105. The third-order valence-corrected chi connectivity index (χ3v) is 4.11. The van der Waals surface area contributed by atoms with Gasteiger partial charge >= 0.3 is 5.97 Å². The van der Waals surface area contributed by atoms with Crippen molar-refractivity contribution in [3.05, 3.63) is 70.2 Å². The normalized spacial score (nSPS) is 10.4. The van der Waals surface area contributed by atoms with Crippen LogP contribution in [0.1, 0.15) is 15.9 Å². The Hall–Kier alpha value is -2.61. The van der Waals surface area contributed by atoms with Gasteiger partial charge in [0, 0.05) is 11.6 Å². The largest absolute Gasteiger partial charge is 0.493 e. The van der Waals surface area contributed by atoms with Crippen LogP contribution in [0, 0.1) is 0 Å². The van der Waals surface area contributed by atoms with E-state index in [4.69, 9.17) is 44.9 Å². The van der Waals surface area contributed by atoms with Gasteiger partial charge in [0.25, 0.3) is 0 Å². The molecule has 0 bridgehead atoms. The van der Waals surface area contributed by atoms with Crippen molar-refractivity contribution in [1.29, 1.82) is 0 Å². The number of carbonyl (C=O) groups is 1. The molecule has 0 aromatic heterocycles. The van der Waals surface area contributed by atoms with Crippen molar-refractivity contribution in [2.45, 2.75) is 0 Å². The summed E-state index contributed by atoms with van der Waals surface area (Å²) in [5.74, 6) is -0.0248. The van der Waals surface area contributed by atoms with E-state index in [1.807, 2.05) is 0 Å². The first kappa shape index (κ1) is 21.7. The van der Waals surface area contributed by atoms with Gasteiger partial charge in [0.05, 0.1) is 23.9 Å². The average Bonchev–Trinajstić information content (AvgIpc) is 2.67.